The van der Waals surface area contributed by atoms with Gasteiger partial charge < -0.3 is 20.1 Å². The SMILES string of the molecule is O=C(CNC(=O)c1cc(F)cc(F)c1)NCc1cc(Cl)c2c(c1)OCCCO2. The Bertz CT molecular complexity index is 887. The number of carbonyl (C=O) groups is 2. The van der Waals surface area contributed by atoms with Crippen molar-refractivity contribution in [1.29, 1.82) is 0 Å². The van der Waals surface area contributed by atoms with Crippen LogP contribution >= 0.6 is 11.6 Å². The van der Waals surface area contributed by atoms with Gasteiger partial charge in [0.05, 0.1) is 24.8 Å². The molecule has 0 radical (unpaired) electrons. The average Bonchev–Trinajstić information content (AvgIpc) is 2.89. The zero-order valence-corrected chi connectivity index (χ0v) is 15.4. The molecule has 0 saturated carbocycles. The number of benzene rings is 2. The summed E-state index contributed by atoms with van der Waals surface area (Å²) in [4.78, 5) is 23.8. The van der Waals surface area contributed by atoms with Gasteiger partial charge in [-0.15, -0.1) is 0 Å². The number of hydrogen-bond donors (Lipinski definition) is 2. The van der Waals surface area contributed by atoms with E-state index in [4.69, 9.17) is 21.1 Å². The molecule has 28 heavy (non-hydrogen) atoms. The lowest BCUT2D eigenvalue weighted by atomic mass is 10.2. The standard InChI is InChI=1S/C19H17ClF2N2O4/c20-15-4-11(5-16-18(15)28-3-1-2-27-16)9-23-17(25)10-24-19(26)12-6-13(21)8-14(22)7-12/h4-8H,1-3,9-10H2,(H,23,25)(H,24,26). The summed E-state index contributed by atoms with van der Waals surface area (Å²) in [6.07, 6.45) is 0.742. The summed E-state index contributed by atoms with van der Waals surface area (Å²) < 4.78 is 37.4. The molecule has 9 heteroatoms. The van der Waals surface area contributed by atoms with Gasteiger partial charge in [0.1, 0.15) is 11.6 Å². The second-order valence-corrected chi connectivity index (χ2v) is 6.48. The molecule has 2 aromatic carbocycles. The van der Waals surface area contributed by atoms with Gasteiger partial charge in [-0.3, -0.25) is 9.59 Å². The molecule has 0 aromatic heterocycles. The minimum atomic E-state index is -0.874. The van der Waals surface area contributed by atoms with E-state index in [1.165, 1.54) is 0 Å². The highest BCUT2D eigenvalue weighted by atomic mass is 35.5. The summed E-state index contributed by atoms with van der Waals surface area (Å²) in [5.41, 5.74) is 0.487. The van der Waals surface area contributed by atoms with Crippen LogP contribution in [0, 0.1) is 11.6 Å². The van der Waals surface area contributed by atoms with Crippen LogP contribution in [-0.4, -0.2) is 31.6 Å². The third kappa shape index (κ3) is 5.10. The number of rotatable bonds is 5. The Balaban J connectivity index is 1.54. The third-order valence-electron chi connectivity index (χ3n) is 3.89. The Labute approximate surface area is 164 Å². The second-order valence-electron chi connectivity index (χ2n) is 6.07. The lowest BCUT2D eigenvalue weighted by Gasteiger charge is -2.12. The van der Waals surface area contributed by atoms with Crippen LogP contribution < -0.4 is 20.1 Å². The summed E-state index contributed by atoms with van der Waals surface area (Å²) in [6, 6.07) is 5.81. The number of fused-ring (bicyclic) bond motifs is 1. The topological polar surface area (TPSA) is 76.7 Å². The molecule has 2 amide bonds. The number of carbonyl (C=O) groups excluding carboxylic acids is 2. The normalized spacial score (nSPS) is 12.8. The Morgan fingerprint density at radius 3 is 2.46 bits per heavy atom. The van der Waals surface area contributed by atoms with Gasteiger partial charge in [0.25, 0.3) is 5.91 Å². The highest BCUT2D eigenvalue weighted by molar-refractivity contribution is 6.32. The van der Waals surface area contributed by atoms with Crippen LogP contribution in [0.2, 0.25) is 5.02 Å². The summed E-state index contributed by atoms with van der Waals surface area (Å²) in [5, 5.41) is 5.31. The third-order valence-corrected chi connectivity index (χ3v) is 4.17. The van der Waals surface area contributed by atoms with Crippen LogP contribution in [0.15, 0.2) is 30.3 Å². The largest absolute Gasteiger partial charge is 0.489 e. The van der Waals surface area contributed by atoms with Gasteiger partial charge in [-0.25, -0.2) is 8.78 Å². The van der Waals surface area contributed by atoms with E-state index in [2.05, 4.69) is 10.6 Å². The van der Waals surface area contributed by atoms with Gasteiger partial charge in [-0.2, -0.15) is 0 Å². The van der Waals surface area contributed by atoms with Crippen molar-refractivity contribution in [3.8, 4) is 11.5 Å². The van der Waals surface area contributed by atoms with Crippen LogP contribution in [0.3, 0.4) is 0 Å². The van der Waals surface area contributed by atoms with Crippen molar-refractivity contribution in [3.05, 3.63) is 58.1 Å². The van der Waals surface area contributed by atoms with Gasteiger partial charge >= 0.3 is 0 Å². The first-order chi connectivity index (χ1) is 13.4. The molecule has 148 valence electrons. The molecular formula is C19H17ClF2N2O4. The maximum atomic E-state index is 13.1. The van der Waals surface area contributed by atoms with Crippen molar-refractivity contribution in [1.82, 2.24) is 10.6 Å². The summed E-state index contributed by atoms with van der Waals surface area (Å²) in [7, 11) is 0. The van der Waals surface area contributed by atoms with Crippen molar-refractivity contribution in [2.45, 2.75) is 13.0 Å². The van der Waals surface area contributed by atoms with Crippen LogP contribution in [0.5, 0.6) is 11.5 Å². The van der Waals surface area contributed by atoms with E-state index in [0.717, 1.165) is 18.6 Å². The molecule has 2 N–H and O–H groups in total. The van der Waals surface area contributed by atoms with E-state index in [-0.39, 0.29) is 18.7 Å². The van der Waals surface area contributed by atoms with Gasteiger partial charge in [0, 0.05) is 24.6 Å². The molecule has 0 aliphatic carbocycles. The average molecular weight is 411 g/mol. The summed E-state index contributed by atoms with van der Waals surface area (Å²) >= 11 is 6.20. The quantitative estimate of drug-likeness (QED) is 0.794. The molecule has 0 unspecified atom stereocenters. The van der Waals surface area contributed by atoms with Crippen molar-refractivity contribution in [2.24, 2.45) is 0 Å². The number of nitrogens with one attached hydrogen (secondary N) is 2. The first-order valence-electron chi connectivity index (χ1n) is 8.51. The Morgan fingerprint density at radius 1 is 1.00 bits per heavy atom. The molecule has 2 aromatic rings. The van der Waals surface area contributed by atoms with E-state index in [1.807, 2.05) is 0 Å². The van der Waals surface area contributed by atoms with E-state index < -0.39 is 23.4 Å². The van der Waals surface area contributed by atoms with Crippen molar-refractivity contribution >= 4 is 23.4 Å². The monoisotopic (exact) mass is 410 g/mol. The molecule has 0 fully saturated rings. The fourth-order valence-corrected chi connectivity index (χ4v) is 2.88. The lowest BCUT2D eigenvalue weighted by molar-refractivity contribution is -0.120. The number of hydrogen-bond acceptors (Lipinski definition) is 4. The maximum Gasteiger partial charge on any atom is 0.251 e. The van der Waals surface area contributed by atoms with Crippen LogP contribution in [0.4, 0.5) is 8.78 Å². The summed E-state index contributed by atoms with van der Waals surface area (Å²) in [6.45, 7) is 0.818. The van der Waals surface area contributed by atoms with Crippen molar-refractivity contribution < 1.29 is 27.8 Å². The Kier molecular flexibility index (Phi) is 6.30. The molecule has 6 nitrogen and oxygen atoms in total. The van der Waals surface area contributed by atoms with Crippen LogP contribution in [-0.2, 0) is 11.3 Å². The predicted molar refractivity (Wildman–Crippen MR) is 97.6 cm³/mol. The van der Waals surface area contributed by atoms with E-state index >= 15 is 0 Å². The van der Waals surface area contributed by atoms with E-state index in [0.29, 0.717) is 41.4 Å². The molecule has 1 aliphatic rings. The number of amides is 2. The molecular weight excluding hydrogens is 394 g/mol. The molecule has 3 rings (SSSR count). The van der Waals surface area contributed by atoms with Gasteiger partial charge in [-0.05, 0) is 29.8 Å². The van der Waals surface area contributed by atoms with Crippen molar-refractivity contribution in [3.63, 3.8) is 0 Å². The second kappa shape index (κ2) is 8.88. The molecule has 0 atom stereocenters. The summed E-state index contributed by atoms with van der Waals surface area (Å²) in [5.74, 6) is -2.00. The fourth-order valence-electron chi connectivity index (χ4n) is 2.60. The molecule has 0 saturated heterocycles. The first-order valence-corrected chi connectivity index (χ1v) is 8.89. The Hall–Kier alpha value is -2.87. The zero-order valence-electron chi connectivity index (χ0n) is 14.7. The maximum absolute atomic E-state index is 13.1. The number of halogens is 3. The van der Waals surface area contributed by atoms with Crippen LogP contribution in [0.25, 0.3) is 0 Å². The van der Waals surface area contributed by atoms with Gasteiger partial charge in [0.15, 0.2) is 11.5 Å². The molecule has 1 aliphatic heterocycles. The van der Waals surface area contributed by atoms with E-state index in [9.17, 15) is 18.4 Å². The predicted octanol–water partition coefficient (Wildman–Crippen LogP) is 2.83. The van der Waals surface area contributed by atoms with E-state index in [1.54, 1.807) is 12.1 Å². The lowest BCUT2D eigenvalue weighted by Crippen LogP contribution is -2.36. The first kappa shape index (κ1) is 19.9. The van der Waals surface area contributed by atoms with Gasteiger partial charge in [-0.1, -0.05) is 11.6 Å². The highest BCUT2D eigenvalue weighted by Crippen LogP contribution is 2.37. The van der Waals surface area contributed by atoms with Gasteiger partial charge in [0.2, 0.25) is 5.91 Å². The smallest absolute Gasteiger partial charge is 0.251 e. The molecule has 0 spiro atoms. The highest BCUT2D eigenvalue weighted by Gasteiger charge is 2.16. The van der Waals surface area contributed by atoms with Crippen molar-refractivity contribution in [2.75, 3.05) is 19.8 Å². The molecule has 0 bridgehead atoms. The fraction of sp³-hybridized carbons (Fsp3) is 0.263. The Morgan fingerprint density at radius 2 is 1.71 bits per heavy atom. The minimum absolute atomic E-state index is 0.152. The number of ether oxygens (including phenoxy) is 2. The molecule has 1 heterocycles. The minimum Gasteiger partial charge on any atom is -0.489 e. The van der Waals surface area contributed by atoms with Crippen LogP contribution in [0.1, 0.15) is 22.3 Å². The zero-order chi connectivity index (χ0) is 20.1.